The number of nitrogens with one attached hydrogen (secondary N) is 1. The molecule has 0 aliphatic carbocycles. The van der Waals surface area contributed by atoms with Crippen LogP contribution in [0.5, 0.6) is 0 Å². The Hall–Kier alpha value is -1.90. The summed E-state index contributed by atoms with van der Waals surface area (Å²) in [6.07, 6.45) is 0.728. The molecule has 8 heteroatoms. The van der Waals surface area contributed by atoms with Gasteiger partial charge in [0.2, 0.25) is 5.13 Å². The molecule has 0 bridgehead atoms. The van der Waals surface area contributed by atoms with Gasteiger partial charge in [0, 0.05) is 30.6 Å². The minimum absolute atomic E-state index is 0.601. The lowest BCUT2D eigenvalue weighted by Gasteiger charge is -1.96. The number of methoxy groups -OCH3 is 1. The molecule has 0 atom stereocenters. The molecule has 22 heavy (non-hydrogen) atoms. The molecule has 3 rings (SSSR count). The molecule has 0 fully saturated rings. The molecule has 0 unspecified atom stereocenters. The molecule has 0 radical (unpaired) electrons. The molecular formula is C14H15N5OS2. The quantitative estimate of drug-likeness (QED) is 0.717. The maximum absolute atomic E-state index is 5.02. The summed E-state index contributed by atoms with van der Waals surface area (Å²) in [5.41, 5.74) is 1.09. The summed E-state index contributed by atoms with van der Waals surface area (Å²) < 4.78 is 9.29. The molecule has 0 spiro atoms. The molecule has 0 saturated carbocycles. The number of benzene rings is 1. The van der Waals surface area contributed by atoms with Crippen LogP contribution in [0, 0.1) is 0 Å². The molecule has 1 aromatic carbocycles. The molecule has 1 N–H and O–H groups in total. The molecule has 2 heterocycles. The van der Waals surface area contributed by atoms with E-state index in [0.717, 1.165) is 33.0 Å². The van der Waals surface area contributed by atoms with Gasteiger partial charge < -0.3 is 10.1 Å². The predicted molar refractivity (Wildman–Crippen MR) is 88.2 cm³/mol. The number of hydrogen-bond donors (Lipinski definition) is 1. The number of nitrogens with zero attached hydrogens (tertiary/aromatic N) is 4. The van der Waals surface area contributed by atoms with Crippen molar-refractivity contribution in [2.45, 2.75) is 13.0 Å². The summed E-state index contributed by atoms with van der Waals surface area (Å²) >= 11 is 2.93. The van der Waals surface area contributed by atoms with E-state index in [9.17, 15) is 0 Å². The summed E-state index contributed by atoms with van der Waals surface area (Å²) in [6.45, 7) is 1.23. The Morgan fingerprint density at radius 2 is 2.05 bits per heavy atom. The summed E-state index contributed by atoms with van der Waals surface area (Å²) in [6, 6.07) is 10.0. The van der Waals surface area contributed by atoms with Gasteiger partial charge in [-0.15, -0.1) is 10.2 Å². The second-order valence-corrected chi connectivity index (χ2v) is 6.29. The zero-order valence-electron chi connectivity index (χ0n) is 12.0. The van der Waals surface area contributed by atoms with Crippen molar-refractivity contribution in [2.24, 2.45) is 0 Å². The summed E-state index contributed by atoms with van der Waals surface area (Å²) in [5, 5.41) is 14.3. The maximum atomic E-state index is 5.02. The van der Waals surface area contributed by atoms with Crippen LogP contribution in [-0.2, 0) is 17.7 Å². The number of anilines is 1. The van der Waals surface area contributed by atoms with Gasteiger partial charge in [-0.2, -0.15) is 4.37 Å². The SMILES string of the molecule is COCCc1nsc(NCc2nnc(-c3ccccc3)s2)n1. The van der Waals surface area contributed by atoms with Crippen LogP contribution in [0.15, 0.2) is 30.3 Å². The summed E-state index contributed by atoms with van der Waals surface area (Å²) in [4.78, 5) is 4.40. The van der Waals surface area contributed by atoms with Crippen molar-refractivity contribution < 1.29 is 4.74 Å². The normalized spacial score (nSPS) is 10.8. The average molecular weight is 333 g/mol. The summed E-state index contributed by atoms with van der Waals surface area (Å²) in [5.74, 6) is 0.802. The van der Waals surface area contributed by atoms with Crippen LogP contribution >= 0.6 is 22.9 Å². The standard InChI is InChI=1S/C14H15N5OS2/c1-20-8-7-11-16-14(22-19-11)15-9-12-17-18-13(21-12)10-5-3-2-4-6-10/h2-6H,7-9H2,1H3,(H,15,16,19). The maximum Gasteiger partial charge on any atom is 0.202 e. The Kier molecular flexibility index (Phi) is 5.04. The van der Waals surface area contributed by atoms with Gasteiger partial charge in [-0.25, -0.2) is 4.98 Å². The van der Waals surface area contributed by atoms with Crippen LogP contribution in [0.2, 0.25) is 0 Å². The van der Waals surface area contributed by atoms with E-state index in [0.29, 0.717) is 13.2 Å². The molecular weight excluding hydrogens is 318 g/mol. The molecule has 0 aliphatic heterocycles. The Bertz CT molecular complexity index is 713. The lowest BCUT2D eigenvalue weighted by atomic mass is 10.2. The van der Waals surface area contributed by atoms with E-state index < -0.39 is 0 Å². The zero-order valence-corrected chi connectivity index (χ0v) is 13.7. The van der Waals surface area contributed by atoms with Crippen molar-refractivity contribution in [3.05, 3.63) is 41.2 Å². The number of hydrogen-bond acceptors (Lipinski definition) is 8. The largest absolute Gasteiger partial charge is 0.384 e. The zero-order chi connectivity index (χ0) is 15.2. The van der Waals surface area contributed by atoms with E-state index in [-0.39, 0.29) is 0 Å². The van der Waals surface area contributed by atoms with Gasteiger partial charge >= 0.3 is 0 Å². The van der Waals surface area contributed by atoms with Gasteiger partial charge in [0.15, 0.2) is 0 Å². The number of ether oxygens (including phenoxy) is 1. The fourth-order valence-electron chi connectivity index (χ4n) is 1.79. The molecule has 0 saturated heterocycles. The Balaban J connectivity index is 1.58. The average Bonchev–Trinajstić information content (AvgIpc) is 3.21. The van der Waals surface area contributed by atoms with Gasteiger partial charge in [0.1, 0.15) is 15.8 Å². The highest BCUT2D eigenvalue weighted by atomic mass is 32.1. The van der Waals surface area contributed by atoms with Crippen molar-refractivity contribution in [3.63, 3.8) is 0 Å². The third-order valence-corrected chi connectivity index (χ3v) is 4.56. The molecule has 114 valence electrons. The van der Waals surface area contributed by atoms with Gasteiger partial charge in [-0.3, -0.25) is 0 Å². The van der Waals surface area contributed by atoms with E-state index in [1.807, 2.05) is 30.3 Å². The van der Waals surface area contributed by atoms with Crippen LogP contribution in [0.3, 0.4) is 0 Å². The predicted octanol–water partition coefficient (Wildman–Crippen LogP) is 2.86. The first kappa shape index (κ1) is 15.0. The van der Waals surface area contributed by atoms with E-state index >= 15 is 0 Å². The molecule has 2 aromatic heterocycles. The van der Waals surface area contributed by atoms with Crippen LogP contribution in [0.25, 0.3) is 10.6 Å². The Morgan fingerprint density at radius 1 is 1.18 bits per heavy atom. The molecule has 0 aliphatic rings. The third kappa shape index (κ3) is 3.85. The number of aromatic nitrogens is 4. The van der Waals surface area contributed by atoms with Gasteiger partial charge in [-0.1, -0.05) is 41.7 Å². The van der Waals surface area contributed by atoms with E-state index in [1.165, 1.54) is 11.5 Å². The summed E-state index contributed by atoms with van der Waals surface area (Å²) in [7, 11) is 1.67. The van der Waals surface area contributed by atoms with Crippen LogP contribution < -0.4 is 5.32 Å². The highest BCUT2D eigenvalue weighted by molar-refractivity contribution is 7.14. The van der Waals surface area contributed by atoms with Crippen LogP contribution in [0.4, 0.5) is 5.13 Å². The molecule has 6 nitrogen and oxygen atoms in total. The highest BCUT2D eigenvalue weighted by Gasteiger charge is 2.08. The lowest BCUT2D eigenvalue weighted by Crippen LogP contribution is -2.00. The van der Waals surface area contributed by atoms with Crippen LogP contribution in [-0.4, -0.2) is 33.3 Å². The third-order valence-electron chi connectivity index (χ3n) is 2.88. The van der Waals surface area contributed by atoms with E-state index in [4.69, 9.17) is 4.74 Å². The first-order valence-corrected chi connectivity index (χ1v) is 8.37. The fraction of sp³-hybridized carbons (Fsp3) is 0.286. The van der Waals surface area contributed by atoms with E-state index in [1.54, 1.807) is 18.4 Å². The first-order chi connectivity index (χ1) is 10.8. The molecule has 3 aromatic rings. The highest BCUT2D eigenvalue weighted by Crippen LogP contribution is 2.23. The van der Waals surface area contributed by atoms with Crippen molar-refractivity contribution in [1.29, 1.82) is 0 Å². The monoisotopic (exact) mass is 333 g/mol. The van der Waals surface area contributed by atoms with Gasteiger partial charge in [0.25, 0.3) is 0 Å². The molecule has 0 amide bonds. The first-order valence-electron chi connectivity index (χ1n) is 6.78. The fourth-order valence-corrected chi connectivity index (χ4v) is 3.19. The minimum atomic E-state index is 0.601. The Morgan fingerprint density at radius 3 is 2.86 bits per heavy atom. The smallest absolute Gasteiger partial charge is 0.202 e. The van der Waals surface area contributed by atoms with Crippen LogP contribution in [0.1, 0.15) is 10.8 Å². The van der Waals surface area contributed by atoms with Crippen molar-refractivity contribution >= 4 is 28.0 Å². The second-order valence-electron chi connectivity index (χ2n) is 4.48. The number of rotatable bonds is 7. The second kappa shape index (κ2) is 7.39. The van der Waals surface area contributed by atoms with Crippen molar-refractivity contribution in [1.82, 2.24) is 19.6 Å². The van der Waals surface area contributed by atoms with Crippen molar-refractivity contribution in [3.8, 4) is 10.6 Å². The van der Waals surface area contributed by atoms with E-state index in [2.05, 4.69) is 24.9 Å². The lowest BCUT2D eigenvalue weighted by molar-refractivity contribution is 0.201. The van der Waals surface area contributed by atoms with Gasteiger partial charge in [-0.05, 0) is 0 Å². The minimum Gasteiger partial charge on any atom is -0.384 e. The van der Waals surface area contributed by atoms with Gasteiger partial charge in [0.05, 0.1) is 13.2 Å². The topological polar surface area (TPSA) is 72.8 Å². The van der Waals surface area contributed by atoms with Crippen molar-refractivity contribution in [2.75, 3.05) is 19.0 Å². The Labute approximate surface area is 136 Å².